The molecule has 1 atom stereocenters. The molecule has 5 nitrogen and oxygen atoms in total. The number of nitrogens with zero attached hydrogens (tertiary/aromatic N) is 1. The summed E-state index contributed by atoms with van der Waals surface area (Å²) in [5.41, 5.74) is 1.20. The minimum absolute atomic E-state index is 0.0739. The SMILES string of the molecule is Cc1cccc(OC2CCN(C(=O)COCC3CCCCO3)CC2)c1. The molecular formula is C20H29NO4. The van der Waals surface area contributed by atoms with Gasteiger partial charge in [-0.2, -0.15) is 0 Å². The van der Waals surface area contributed by atoms with E-state index in [9.17, 15) is 4.79 Å². The van der Waals surface area contributed by atoms with Gasteiger partial charge in [0, 0.05) is 32.5 Å². The van der Waals surface area contributed by atoms with Crippen molar-refractivity contribution in [2.75, 3.05) is 32.9 Å². The van der Waals surface area contributed by atoms with Gasteiger partial charge in [0.1, 0.15) is 18.5 Å². The quantitative estimate of drug-likeness (QED) is 0.794. The molecule has 0 N–H and O–H groups in total. The number of likely N-dealkylation sites (tertiary alicyclic amines) is 1. The summed E-state index contributed by atoms with van der Waals surface area (Å²) in [5, 5.41) is 0. The summed E-state index contributed by atoms with van der Waals surface area (Å²) in [4.78, 5) is 14.2. The molecule has 0 radical (unpaired) electrons. The van der Waals surface area contributed by atoms with Crippen LogP contribution in [0.3, 0.4) is 0 Å². The average Bonchev–Trinajstić information content (AvgIpc) is 2.63. The minimum atomic E-state index is 0.0739. The third-order valence-electron chi connectivity index (χ3n) is 4.89. The molecule has 0 spiro atoms. The zero-order chi connectivity index (χ0) is 17.5. The van der Waals surface area contributed by atoms with Crippen molar-refractivity contribution in [3.63, 3.8) is 0 Å². The Bertz CT molecular complexity index is 548. The van der Waals surface area contributed by atoms with Crippen LogP contribution in [0.4, 0.5) is 0 Å². The average molecular weight is 347 g/mol. The maximum absolute atomic E-state index is 12.3. The van der Waals surface area contributed by atoms with E-state index in [4.69, 9.17) is 14.2 Å². The Kier molecular flexibility index (Phi) is 6.70. The van der Waals surface area contributed by atoms with Crippen LogP contribution in [0.1, 0.15) is 37.7 Å². The van der Waals surface area contributed by atoms with Crippen molar-refractivity contribution < 1.29 is 19.0 Å². The molecule has 0 aromatic heterocycles. The number of carbonyl (C=O) groups is 1. The first kappa shape index (κ1) is 18.2. The largest absolute Gasteiger partial charge is 0.490 e. The highest BCUT2D eigenvalue weighted by atomic mass is 16.5. The van der Waals surface area contributed by atoms with Gasteiger partial charge in [0.05, 0.1) is 12.7 Å². The van der Waals surface area contributed by atoms with Gasteiger partial charge >= 0.3 is 0 Å². The molecule has 5 heteroatoms. The molecule has 138 valence electrons. The van der Waals surface area contributed by atoms with Crippen molar-refractivity contribution in [1.82, 2.24) is 4.90 Å². The molecule has 1 aromatic carbocycles. The number of rotatable bonds is 6. The van der Waals surface area contributed by atoms with Gasteiger partial charge < -0.3 is 19.1 Å². The first-order chi connectivity index (χ1) is 12.2. The second kappa shape index (κ2) is 9.20. The van der Waals surface area contributed by atoms with Gasteiger partial charge in [-0.3, -0.25) is 4.79 Å². The lowest BCUT2D eigenvalue weighted by molar-refractivity contribution is -0.140. The molecule has 1 aromatic rings. The Morgan fingerprint density at radius 1 is 1.24 bits per heavy atom. The molecule has 0 aliphatic carbocycles. The fourth-order valence-electron chi connectivity index (χ4n) is 3.41. The van der Waals surface area contributed by atoms with Crippen molar-refractivity contribution in [2.45, 2.75) is 51.2 Å². The Morgan fingerprint density at radius 2 is 2.08 bits per heavy atom. The van der Waals surface area contributed by atoms with E-state index in [0.29, 0.717) is 6.61 Å². The van der Waals surface area contributed by atoms with Crippen LogP contribution in [-0.2, 0) is 14.3 Å². The Labute approximate surface area is 150 Å². The fourth-order valence-corrected chi connectivity index (χ4v) is 3.41. The number of piperidine rings is 1. The lowest BCUT2D eigenvalue weighted by Crippen LogP contribution is -2.43. The van der Waals surface area contributed by atoms with Gasteiger partial charge in [0.15, 0.2) is 0 Å². The third kappa shape index (κ3) is 5.72. The summed E-state index contributed by atoms with van der Waals surface area (Å²) in [6, 6.07) is 8.12. The minimum Gasteiger partial charge on any atom is -0.490 e. The standard InChI is InChI=1S/C20H29NO4/c1-16-5-4-7-18(13-16)25-17-8-10-21(11-9-17)20(22)15-23-14-19-6-2-3-12-24-19/h4-5,7,13,17,19H,2-3,6,8-12,14-15H2,1H3. The van der Waals surface area contributed by atoms with E-state index >= 15 is 0 Å². The van der Waals surface area contributed by atoms with E-state index in [-0.39, 0.29) is 24.7 Å². The maximum Gasteiger partial charge on any atom is 0.248 e. The smallest absolute Gasteiger partial charge is 0.248 e. The molecule has 2 heterocycles. The van der Waals surface area contributed by atoms with Gasteiger partial charge in [-0.1, -0.05) is 12.1 Å². The lowest BCUT2D eigenvalue weighted by atomic mass is 10.1. The van der Waals surface area contributed by atoms with Gasteiger partial charge in [-0.25, -0.2) is 0 Å². The molecule has 0 saturated carbocycles. The van der Waals surface area contributed by atoms with E-state index in [2.05, 4.69) is 19.1 Å². The van der Waals surface area contributed by atoms with Crippen LogP contribution < -0.4 is 4.74 Å². The summed E-state index contributed by atoms with van der Waals surface area (Å²) in [6.07, 6.45) is 5.44. The molecule has 3 rings (SSSR count). The van der Waals surface area contributed by atoms with Gasteiger partial charge in [-0.05, 0) is 43.9 Å². The number of amides is 1. The van der Waals surface area contributed by atoms with Crippen LogP contribution in [-0.4, -0.2) is 55.9 Å². The first-order valence-electron chi connectivity index (χ1n) is 9.41. The topological polar surface area (TPSA) is 48.0 Å². The molecule has 1 unspecified atom stereocenters. The summed E-state index contributed by atoms with van der Waals surface area (Å²) in [7, 11) is 0. The highest BCUT2D eigenvalue weighted by Gasteiger charge is 2.24. The summed E-state index contributed by atoms with van der Waals surface area (Å²) >= 11 is 0. The van der Waals surface area contributed by atoms with Crippen molar-refractivity contribution in [3.8, 4) is 5.75 Å². The van der Waals surface area contributed by atoms with Crippen molar-refractivity contribution in [2.24, 2.45) is 0 Å². The van der Waals surface area contributed by atoms with Gasteiger partial charge in [-0.15, -0.1) is 0 Å². The Hall–Kier alpha value is -1.59. The highest BCUT2D eigenvalue weighted by Crippen LogP contribution is 2.20. The summed E-state index contributed by atoms with van der Waals surface area (Å²) < 4.78 is 17.2. The second-order valence-corrected chi connectivity index (χ2v) is 7.02. The van der Waals surface area contributed by atoms with Crippen molar-refractivity contribution >= 4 is 5.91 Å². The fraction of sp³-hybridized carbons (Fsp3) is 0.650. The van der Waals surface area contributed by atoms with Gasteiger partial charge in [0.2, 0.25) is 5.91 Å². The lowest BCUT2D eigenvalue weighted by Gasteiger charge is -2.32. The molecule has 2 saturated heterocycles. The Morgan fingerprint density at radius 3 is 2.80 bits per heavy atom. The third-order valence-corrected chi connectivity index (χ3v) is 4.89. The van der Waals surface area contributed by atoms with E-state index < -0.39 is 0 Å². The van der Waals surface area contributed by atoms with E-state index in [1.165, 1.54) is 12.0 Å². The monoisotopic (exact) mass is 347 g/mol. The Balaban J connectivity index is 1.34. The van der Waals surface area contributed by atoms with Crippen LogP contribution >= 0.6 is 0 Å². The van der Waals surface area contributed by atoms with Crippen molar-refractivity contribution in [3.05, 3.63) is 29.8 Å². The molecule has 1 amide bonds. The number of ether oxygens (including phenoxy) is 3. The zero-order valence-electron chi connectivity index (χ0n) is 15.1. The van der Waals surface area contributed by atoms with Crippen LogP contribution in [0, 0.1) is 6.92 Å². The summed E-state index contributed by atoms with van der Waals surface area (Å²) in [5.74, 6) is 0.991. The van der Waals surface area contributed by atoms with Crippen LogP contribution in [0.5, 0.6) is 5.75 Å². The number of aryl methyl sites for hydroxylation is 1. The molecular weight excluding hydrogens is 318 g/mol. The number of benzene rings is 1. The predicted octanol–water partition coefficient (Wildman–Crippen LogP) is 2.95. The number of carbonyl (C=O) groups excluding carboxylic acids is 1. The zero-order valence-corrected chi connectivity index (χ0v) is 15.1. The second-order valence-electron chi connectivity index (χ2n) is 7.02. The van der Waals surface area contributed by atoms with Gasteiger partial charge in [0.25, 0.3) is 0 Å². The highest BCUT2D eigenvalue weighted by molar-refractivity contribution is 5.77. The van der Waals surface area contributed by atoms with E-state index in [1.54, 1.807) is 0 Å². The predicted molar refractivity (Wildman–Crippen MR) is 95.8 cm³/mol. The molecule has 0 bridgehead atoms. The van der Waals surface area contributed by atoms with Crippen molar-refractivity contribution in [1.29, 1.82) is 0 Å². The number of hydrogen-bond donors (Lipinski definition) is 0. The van der Waals surface area contributed by atoms with E-state index in [1.807, 2.05) is 17.0 Å². The first-order valence-corrected chi connectivity index (χ1v) is 9.41. The molecule has 2 aliphatic rings. The number of hydrogen-bond acceptors (Lipinski definition) is 4. The van der Waals surface area contributed by atoms with Crippen LogP contribution in [0.2, 0.25) is 0 Å². The summed E-state index contributed by atoms with van der Waals surface area (Å²) in [6.45, 7) is 5.03. The van der Waals surface area contributed by atoms with Crippen LogP contribution in [0.15, 0.2) is 24.3 Å². The molecule has 2 aliphatic heterocycles. The van der Waals surface area contributed by atoms with E-state index in [0.717, 1.165) is 51.1 Å². The van der Waals surface area contributed by atoms with Crippen LogP contribution in [0.25, 0.3) is 0 Å². The maximum atomic E-state index is 12.3. The molecule has 25 heavy (non-hydrogen) atoms. The molecule has 2 fully saturated rings. The normalized spacial score (nSPS) is 22.0.